The number of nitrogens with one attached hydrogen (secondary N) is 1. The van der Waals surface area contributed by atoms with E-state index in [0.29, 0.717) is 5.56 Å². The maximum Gasteiger partial charge on any atom is 0.417 e. The number of aliphatic hydroxyl groups is 3. The quantitative estimate of drug-likeness (QED) is 0.454. The fourth-order valence-corrected chi connectivity index (χ4v) is 3.59. The summed E-state index contributed by atoms with van der Waals surface area (Å²) in [4.78, 5) is 12.4. The third-order valence-corrected chi connectivity index (χ3v) is 5.28. The number of nitrogens with zero attached hydrogens (tertiary/aromatic N) is 4. The molecule has 0 bridgehead atoms. The first kappa shape index (κ1) is 21.7. The van der Waals surface area contributed by atoms with E-state index in [1.807, 2.05) is 0 Å². The molecule has 0 amide bonds. The van der Waals surface area contributed by atoms with Crippen LogP contribution >= 0.6 is 11.6 Å². The van der Waals surface area contributed by atoms with E-state index >= 15 is 0 Å². The van der Waals surface area contributed by atoms with Crippen LogP contribution in [0.1, 0.15) is 17.4 Å². The number of benzene rings is 1. The highest BCUT2D eigenvalue weighted by atomic mass is 35.5. The van der Waals surface area contributed by atoms with Crippen molar-refractivity contribution in [3.05, 3.63) is 47.0 Å². The second kappa shape index (κ2) is 8.20. The molecule has 1 aromatic carbocycles. The van der Waals surface area contributed by atoms with E-state index in [2.05, 4.69) is 20.3 Å². The summed E-state index contributed by atoms with van der Waals surface area (Å²) in [5, 5.41) is 32.0. The maximum atomic E-state index is 13.1. The van der Waals surface area contributed by atoms with E-state index in [1.165, 1.54) is 29.4 Å². The van der Waals surface area contributed by atoms with E-state index in [4.69, 9.17) is 16.3 Å². The number of alkyl halides is 3. The molecule has 13 heteroatoms. The number of rotatable bonds is 5. The SMILES string of the molecule is OC[C@H]1OC(n2cnc3c(NCc4ccc(Cl)c(C(F)(F)F)c4)ncnc32)[C@@H](O)[C@@H]1O. The van der Waals surface area contributed by atoms with Crippen LogP contribution < -0.4 is 5.32 Å². The standard InChI is InChI=1S/C18H17ClF3N5O4/c19-10-2-1-8(3-9(10)18(20,21)22)4-23-15-12-16(25-6-24-15)27(7-26-12)17-14(30)13(29)11(5-28)31-17/h1-3,6-7,11,13-14,17,28-30H,4-5H2,(H,23,24,25)/t11-,13-,14+,17?/m1/s1. The average molecular weight is 460 g/mol. The number of imidazole rings is 1. The molecule has 0 saturated carbocycles. The normalized spacial score (nSPS) is 24.1. The van der Waals surface area contributed by atoms with Crippen LogP contribution in [-0.4, -0.2) is 59.8 Å². The van der Waals surface area contributed by atoms with Gasteiger partial charge in [-0.2, -0.15) is 13.2 Å². The van der Waals surface area contributed by atoms with Gasteiger partial charge in [-0.3, -0.25) is 4.57 Å². The van der Waals surface area contributed by atoms with Crippen molar-refractivity contribution in [2.75, 3.05) is 11.9 Å². The van der Waals surface area contributed by atoms with E-state index < -0.39 is 47.9 Å². The lowest BCUT2D eigenvalue weighted by Gasteiger charge is -2.16. The van der Waals surface area contributed by atoms with Gasteiger partial charge in [0, 0.05) is 6.54 Å². The van der Waals surface area contributed by atoms with Gasteiger partial charge in [0.1, 0.15) is 24.6 Å². The van der Waals surface area contributed by atoms with Crippen LogP contribution in [0.15, 0.2) is 30.9 Å². The molecule has 166 valence electrons. The Hall–Kier alpha value is -2.51. The van der Waals surface area contributed by atoms with Crippen molar-refractivity contribution < 1.29 is 33.2 Å². The predicted molar refractivity (Wildman–Crippen MR) is 102 cm³/mol. The van der Waals surface area contributed by atoms with Gasteiger partial charge in [0.2, 0.25) is 0 Å². The lowest BCUT2D eigenvalue weighted by molar-refractivity contribution is -0.137. The molecule has 0 aliphatic carbocycles. The molecule has 9 nitrogen and oxygen atoms in total. The van der Waals surface area contributed by atoms with E-state index in [-0.39, 0.29) is 23.5 Å². The Morgan fingerprint density at radius 2 is 1.94 bits per heavy atom. The molecule has 2 aromatic heterocycles. The summed E-state index contributed by atoms with van der Waals surface area (Å²) >= 11 is 5.64. The van der Waals surface area contributed by atoms with Crippen molar-refractivity contribution in [3.8, 4) is 0 Å². The van der Waals surface area contributed by atoms with Crippen molar-refractivity contribution in [1.82, 2.24) is 19.5 Å². The van der Waals surface area contributed by atoms with Crippen LogP contribution in [0.25, 0.3) is 11.2 Å². The van der Waals surface area contributed by atoms with Gasteiger partial charge in [0.05, 0.1) is 23.5 Å². The number of aliphatic hydroxyl groups excluding tert-OH is 3. The average Bonchev–Trinajstić information content (AvgIpc) is 3.28. The summed E-state index contributed by atoms with van der Waals surface area (Å²) in [6.07, 6.45) is -6.65. The minimum Gasteiger partial charge on any atom is -0.394 e. The van der Waals surface area contributed by atoms with E-state index in [1.54, 1.807) is 0 Å². The zero-order valence-electron chi connectivity index (χ0n) is 15.7. The first-order valence-corrected chi connectivity index (χ1v) is 9.48. The minimum atomic E-state index is -4.58. The zero-order valence-corrected chi connectivity index (χ0v) is 16.4. The van der Waals surface area contributed by atoms with Crippen molar-refractivity contribution in [2.24, 2.45) is 0 Å². The van der Waals surface area contributed by atoms with Gasteiger partial charge in [-0.1, -0.05) is 17.7 Å². The fraction of sp³-hybridized carbons (Fsp3) is 0.389. The lowest BCUT2D eigenvalue weighted by Crippen LogP contribution is -2.33. The number of anilines is 1. The molecule has 4 N–H and O–H groups in total. The Morgan fingerprint density at radius 1 is 1.16 bits per heavy atom. The van der Waals surface area contributed by atoms with Gasteiger partial charge >= 0.3 is 6.18 Å². The maximum absolute atomic E-state index is 13.1. The molecule has 1 aliphatic heterocycles. The van der Waals surface area contributed by atoms with Crippen LogP contribution in [0.4, 0.5) is 19.0 Å². The molecule has 3 aromatic rings. The fourth-order valence-electron chi connectivity index (χ4n) is 3.36. The Bertz CT molecular complexity index is 1100. The Balaban J connectivity index is 1.58. The van der Waals surface area contributed by atoms with Gasteiger partial charge < -0.3 is 25.4 Å². The van der Waals surface area contributed by atoms with Gasteiger partial charge in [-0.15, -0.1) is 0 Å². The Labute approximate surface area is 178 Å². The summed E-state index contributed by atoms with van der Waals surface area (Å²) in [5.41, 5.74) is -0.0639. The first-order chi connectivity index (χ1) is 14.7. The summed E-state index contributed by atoms with van der Waals surface area (Å²) < 4.78 is 46.0. The van der Waals surface area contributed by atoms with Crippen molar-refractivity contribution >= 4 is 28.6 Å². The molecular weight excluding hydrogens is 443 g/mol. The minimum absolute atomic E-state index is 0.00702. The molecule has 1 aliphatic rings. The molecule has 1 fully saturated rings. The second-order valence-corrected chi connectivity index (χ2v) is 7.35. The number of fused-ring (bicyclic) bond motifs is 1. The predicted octanol–water partition coefficient (Wildman–Crippen LogP) is 1.72. The van der Waals surface area contributed by atoms with Crippen molar-refractivity contribution in [1.29, 1.82) is 0 Å². The summed E-state index contributed by atoms with van der Waals surface area (Å²) in [5.74, 6) is 0.249. The third-order valence-electron chi connectivity index (χ3n) is 4.95. The molecule has 3 heterocycles. The van der Waals surface area contributed by atoms with E-state index in [0.717, 1.165) is 6.07 Å². The number of ether oxygens (including phenoxy) is 1. The zero-order chi connectivity index (χ0) is 22.3. The smallest absolute Gasteiger partial charge is 0.394 e. The largest absolute Gasteiger partial charge is 0.417 e. The number of hydrogen-bond donors (Lipinski definition) is 4. The number of halogens is 4. The van der Waals surface area contributed by atoms with Crippen LogP contribution in [0.2, 0.25) is 5.02 Å². The Kier molecular flexibility index (Phi) is 5.75. The van der Waals surface area contributed by atoms with Crippen LogP contribution in [0.3, 0.4) is 0 Å². The monoisotopic (exact) mass is 459 g/mol. The molecule has 4 rings (SSSR count). The van der Waals surface area contributed by atoms with Crippen LogP contribution in [0.5, 0.6) is 0 Å². The topological polar surface area (TPSA) is 126 Å². The molecule has 1 unspecified atom stereocenters. The van der Waals surface area contributed by atoms with Gasteiger partial charge in [-0.25, -0.2) is 15.0 Å². The van der Waals surface area contributed by atoms with Crippen molar-refractivity contribution in [3.63, 3.8) is 0 Å². The number of aromatic nitrogens is 4. The molecule has 1 saturated heterocycles. The highest BCUT2D eigenvalue weighted by Crippen LogP contribution is 2.35. The van der Waals surface area contributed by atoms with E-state index in [9.17, 15) is 28.5 Å². The lowest BCUT2D eigenvalue weighted by atomic mass is 10.1. The van der Waals surface area contributed by atoms with Crippen molar-refractivity contribution in [2.45, 2.75) is 37.3 Å². The molecule has 0 radical (unpaired) electrons. The highest BCUT2D eigenvalue weighted by Gasteiger charge is 2.44. The second-order valence-electron chi connectivity index (χ2n) is 6.94. The summed E-state index contributed by atoms with van der Waals surface area (Å²) in [6.45, 7) is -0.475. The van der Waals surface area contributed by atoms with Gasteiger partial charge in [0.15, 0.2) is 23.2 Å². The Morgan fingerprint density at radius 3 is 2.61 bits per heavy atom. The molecule has 0 spiro atoms. The number of hydrogen-bond acceptors (Lipinski definition) is 8. The summed E-state index contributed by atoms with van der Waals surface area (Å²) in [7, 11) is 0. The highest BCUT2D eigenvalue weighted by molar-refractivity contribution is 6.31. The van der Waals surface area contributed by atoms with Crippen LogP contribution in [0, 0.1) is 0 Å². The van der Waals surface area contributed by atoms with Crippen LogP contribution in [-0.2, 0) is 17.5 Å². The molecule has 31 heavy (non-hydrogen) atoms. The molecular formula is C18H17ClF3N5O4. The first-order valence-electron chi connectivity index (χ1n) is 9.10. The van der Waals surface area contributed by atoms with Gasteiger partial charge in [-0.05, 0) is 17.7 Å². The van der Waals surface area contributed by atoms with Gasteiger partial charge in [0.25, 0.3) is 0 Å². The third kappa shape index (κ3) is 4.04. The summed E-state index contributed by atoms with van der Waals surface area (Å²) in [6, 6.07) is 3.58. The molecule has 4 atom stereocenters.